The smallest absolute Gasteiger partial charge is 0.378 e. The summed E-state index contributed by atoms with van der Waals surface area (Å²) in [6, 6.07) is 3.63. The Kier molecular flexibility index (Phi) is 3.00. The lowest BCUT2D eigenvalue weighted by Crippen LogP contribution is -2.37. The summed E-state index contributed by atoms with van der Waals surface area (Å²) in [7, 11) is 1.30. The van der Waals surface area contributed by atoms with Gasteiger partial charge in [0.15, 0.2) is 5.65 Å². The molecule has 0 atom stereocenters. The minimum atomic E-state index is -0.556. The number of hydrogen-bond donors (Lipinski definition) is 0. The van der Waals surface area contributed by atoms with Crippen LogP contribution in [0.1, 0.15) is 10.6 Å². The van der Waals surface area contributed by atoms with E-state index >= 15 is 0 Å². The Morgan fingerprint density at radius 3 is 2.84 bits per heavy atom. The molecule has 1 saturated heterocycles. The SMILES string of the molecule is COC(=O)c1nnc2ccc(N3CCOCC3)nn12. The van der Waals surface area contributed by atoms with Crippen LogP contribution >= 0.6 is 0 Å². The van der Waals surface area contributed by atoms with Crippen LogP contribution in [0.4, 0.5) is 5.82 Å². The zero-order chi connectivity index (χ0) is 13.2. The molecule has 100 valence electrons. The van der Waals surface area contributed by atoms with Crippen LogP contribution in [0.15, 0.2) is 12.1 Å². The van der Waals surface area contributed by atoms with Crippen molar-refractivity contribution in [2.45, 2.75) is 0 Å². The highest BCUT2D eigenvalue weighted by Gasteiger charge is 2.18. The molecule has 8 heteroatoms. The Morgan fingerprint density at radius 2 is 2.11 bits per heavy atom. The van der Waals surface area contributed by atoms with Crippen molar-refractivity contribution >= 4 is 17.4 Å². The van der Waals surface area contributed by atoms with Crippen molar-refractivity contribution in [3.8, 4) is 0 Å². The number of carbonyl (C=O) groups excluding carboxylic acids is 1. The number of carbonyl (C=O) groups is 1. The number of hydrogen-bond acceptors (Lipinski definition) is 7. The van der Waals surface area contributed by atoms with Gasteiger partial charge in [-0.3, -0.25) is 0 Å². The molecule has 1 aliphatic heterocycles. The predicted molar refractivity (Wildman–Crippen MR) is 65.2 cm³/mol. The first kappa shape index (κ1) is 11.8. The summed E-state index contributed by atoms with van der Waals surface area (Å²) in [6.45, 7) is 2.89. The molecule has 0 N–H and O–H groups in total. The number of esters is 1. The molecule has 0 spiro atoms. The van der Waals surface area contributed by atoms with E-state index in [0.717, 1.165) is 18.9 Å². The Hall–Kier alpha value is -2.22. The molecular formula is C11H13N5O3. The van der Waals surface area contributed by atoms with Gasteiger partial charge in [0.1, 0.15) is 5.82 Å². The first-order valence-corrected chi connectivity index (χ1v) is 5.93. The van der Waals surface area contributed by atoms with E-state index in [1.807, 2.05) is 6.07 Å². The van der Waals surface area contributed by atoms with Gasteiger partial charge in [0.2, 0.25) is 0 Å². The van der Waals surface area contributed by atoms with E-state index in [2.05, 4.69) is 24.9 Å². The summed E-state index contributed by atoms with van der Waals surface area (Å²) < 4.78 is 11.3. The number of ether oxygens (including phenoxy) is 2. The molecule has 0 bridgehead atoms. The van der Waals surface area contributed by atoms with Crippen LogP contribution < -0.4 is 4.90 Å². The molecular weight excluding hydrogens is 250 g/mol. The van der Waals surface area contributed by atoms with Gasteiger partial charge in [0.25, 0.3) is 5.82 Å². The number of anilines is 1. The fourth-order valence-corrected chi connectivity index (χ4v) is 1.96. The van der Waals surface area contributed by atoms with Crippen molar-refractivity contribution in [3.63, 3.8) is 0 Å². The second kappa shape index (κ2) is 4.81. The molecule has 0 amide bonds. The molecule has 8 nitrogen and oxygen atoms in total. The van der Waals surface area contributed by atoms with Crippen molar-refractivity contribution in [1.29, 1.82) is 0 Å². The second-order valence-electron chi connectivity index (χ2n) is 4.08. The van der Waals surface area contributed by atoms with E-state index < -0.39 is 5.97 Å². The summed E-state index contributed by atoms with van der Waals surface area (Å²) in [4.78, 5) is 13.6. The fourth-order valence-electron chi connectivity index (χ4n) is 1.96. The molecule has 0 saturated carbocycles. The summed E-state index contributed by atoms with van der Waals surface area (Å²) >= 11 is 0. The van der Waals surface area contributed by atoms with E-state index in [1.165, 1.54) is 11.6 Å². The third kappa shape index (κ3) is 2.10. The molecule has 1 fully saturated rings. The van der Waals surface area contributed by atoms with Gasteiger partial charge >= 0.3 is 5.97 Å². The molecule has 0 unspecified atom stereocenters. The lowest BCUT2D eigenvalue weighted by Gasteiger charge is -2.27. The first-order valence-electron chi connectivity index (χ1n) is 5.93. The van der Waals surface area contributed by atoms with Crippen LogP contribution in [0, 0.1) is 0 Å². The van der Waals surface area contributed by atoms with Gasteiger partial charge < -0.3 is 14.4 Å². The number of methoxy groups -OCH3 is 1. The molecule has 1 aliphatic rings. The topological polar surface area (TPSA) is 81.8 Å². The summed E-state index contributed by atoms with van der Waals surface area (Å²) in [5.74, 6) is 0.285. The Labute approximate surface area is 108 Å². The number of nitrogens with zero attached hydrogens (tertiary/aromatic N) is 5. The van der Waals surface area contributed by atoms with Crippen LogP contribution in [0.25, 0.3) is 5.65 Å². The summed E-state index contributed by atoms with van der Waals surface area (Å²) in [5, 5.41) is 12.1. The maximum absolute atomic E-state index is 11.6. The van der Waals surface area contributed by atoms with Crippen molar-refractivity contribution in [2.24, 2.45) is 0 Å². The second-order valence-corrected chi connectivity index (χ2v) is 4.08. The van der Waals surface area contributed by atoms with Crippen LogP contribution in [0.3, 0.4) is 0 Å². The van der Waals surface area contributed by atoms with Crippen LogP contribution in [0.2, 0.25) is 0 Å². The normalized spacial score (nSPS) is 15.7. The highest BCUT2D eigenvalue weighted by molar-refractivity contribution is 5.85. The Balaban J connectivity index is 2.00. The fraction of sp³-hybridized carbons (Fsp3) is 0.455. The Morgan fingerprint density at radius 1 is 1.32 bits per heavy atom. The van der Waals surface area contributed by atoms with Crippen molar-refractivity contribution in [3.05, 3.63) is 18.0 Å². The molecule has 3 rings (SSSR count). The third-order valence-corrected chi connectivity index (χ3v) is 2.95. The minimum absolute atomic E-state index is 0.0765. The molecule has 3 heterocycles. The van der Waals surface area contributed by atoms with E-state index in [1.54, 1.807) is 6.07 Å². The highest BCUT2D eigenvalue weighted by Crippen LogP contribution is 2.14. The molecule has 2 aromatic rings. The maximum Gasteiger partial charge on any atom is 0.378 e. The van der Waals surface area contributed by atoms with Crippen molar-refractivity contribution < 1.29 is 14.3 Å². The summed E-state index contributed by atoms with van der Waals surface area (Å²) in [6.07, 6.45) is 0. The van der Waals surface area contributed by atoms with E-state index in [4.69, 9.17) is 4.74 Å². The lowest BCUT2D eigenvalue weighted by molar-refractivity contribution is 0.0583. The monoisotopic (exact) mass is 263 g/mol. The standard InChI is InChI=1S/C11H13N5O3/c1-18-11(17)10-13-12-8-2-3-9(14-16(8)10)15-4-6-19-7-5-15/h2-3H,4-7H2,1H3. The van der Waals surface area contributed by atoms with Crippen molar-refractivity contribution in [1.82, 2.24) is 19.8 Å². The van der Waals surface area contributed by atoms with Gasteiger partial charge in [-0.15, -0.1) is 15.3 Å². The molecule has 2 aromatic heterocycles. The zero-order valence-electron chi connectivity index (χ0n) is 10.4. The van der Waals surface area contributed by atoms with E-state index in [-0.39, 0.29) is 5.82 Å². The van der Waals surface area contributed by atoms with E-state index in [9.17, 15) is 4.79 Å². The number of aromatic nitrogens is 4. The van der Waals surface area contributed by atoms with Crippen molar-refractivity contribution in [2.75, 3.05) is 38.3 Å². The average molecular weight is 263 g/mol. The van der Waals surface area contributed by atoms with Gasteiger partial charge in [0, 0.05) is 13.1 Å². The number of morpholine rings is 1. The molecule has 0 aliphatic carbocycles. The predicted octanol–water partition coefficient (Wildman–Crippen LogP) is -0.253. The van der Waals surface area contributed by atoms with Crippen LogP contribution in [-0.4, -0.2) is 59.2 Å². The lowest BCUT2D eigenvalue weighted by atomic mass is 10.4. The zero-order valence-corrected chi connectivity index (χ0v) is 10.4. The van der Waals surface area contributed by atoms with Gasteiger partial charge in [0.05, 0.1) is 20.3 Å². The van der Waals surface area contributed by atoms with Crippen LogP contribution in [0.5, 0.6) is 0 Å². The van der Waals surface area contributed by atoms with Gasteiger partial charge in [-0.05, 0) is 12.1 Å². The number of rotatable bonds is 2. The quantitative estimate of drug-likeness (QED) is 0.691. The molecule has 0 aromatic carbocycles. The van der Waals surface area contributed by atoms with Crippen LogP contribution in [-0.2, 0) is 9.47 Å². The molecule has 0 radical (unpaired) electrons. The molecule has 19 heavy (non-hydrogen) atoms. The average Bonchev–Trinajstić information content (AvgIpc) is 2.90. The highest BCUT2D eigenvalue weighted by atomic mass is 16.5. The third-order valence-electron chi connectivity index (χ3n) is 2.95. The van der Waals surface area contributed by atoms with Gasteiger partial charge in [-0.2, -0.15) is 4.52 Å². The Bertz CT molecular complexity index is 605. The van der Waals surface area contributed by atoms with E-state index in [0.29, 0.717) is 18.9 Å². The summed E-state index contributed by atoms with van der Waals surface area (Å²) in [5.41, 5.74) is 0.511. The maximum atomic E-state index is 11.6. The number of fused-ring (bicyclic) bond motifs is 1. The minimum Gasteiger partial charge on any atom is -0.463 e. The van der Waals surface area contributed by atoms with Gasteiger partial charge in [-0.25, -0.2) is 4.79 Å². The first-order chi connectivity index (χ1) is 9.29. The van der Waals surface area contributed by atoms with Gasteiger partial charge in [-0.1, -0.05) is 0 Å². The largest absolute Gasteiger partial charge is 0.463 e.